The van der Waals surface area contributed by atoms with Gasteiger partial charge in [-0.15, -0.1) is 0 Å². The van der Waals surface area contributed by atoms with Gasteiger partial charge in [-0.2, -0.15) is 0 Å². The van der Waals surface area contributed by atoms with Crippen molar-refractivity contribution in [2.75, 3.05) is 26.8 Å². The topological polar surface area (TPSA) is 63.3 Å². The molecule has 3 aromatic rings. The van der Waals surface area contributed by atoms with E-state index in [1.807, 2.05) is 48.7 Å². The zero-order valence-corrected chi connectivity index (χ0v) is 14.8. The molecule has 1 aromatic carbocycles. The van der Waals surface area contributed by atoms with Gasteiger partial charge >= 0.3 is 0 Å². The van der Waals surface area contributed by atoms with Crippen LogP contribution in [0.2, 0.25) is 0 Å². The maximum atomic E-state index is 5.99. The molecule has 4 rings (SSSR count). The predicted octanol–water partition coefficient (Wildman–Crippen LogP) is 3.05. The van der Waals surface area contributed by atoms with Crippen LogP contribution in [0.25, 0.3) is 11.3 Å². The fourth-order valence-electron chi connectivity index (χ4n) is 3.17. The van der Waals surface area contributed by atoms with Crippen molar-refractivity contribution in [3.05, 3.63) is 66.4 Å². The van der Waals surface area contributed by atoms with Crippen LogP contribution >= 0.6 is 0 Å². The van der Waals surface area contributed by atoms with E-state index in [1.54, 1.807) is 13.3 Å². The summed E-state index contributed by atoms with van der Waals surface area (Å²) < 4.78 is 11.2. The molecule has 1 fully saturated rings. The molecule has 0 aliphatic carbocycles. The van der Waals surface area contributed by atoms with E-state index in [-0.39, 0.29) is 6.10 Å². The van der Waals surface area contributed by atoms with Gasteiger partial charge in [0.2, 0.25) is 0 Å². The molecule has 6 nitrogen and oxygen atoms in total. The summed E-state index contributed by atoms with van der Waals surface area (Å²) in [6.07, 6.45) is 3.61. The highest BCUT2D eigenvalue weighted by atomic mass is 16.5. The Morgan fingerprint density at radius 2 is 2.12 bits per heavy atom. The summed E-state index contributed by atoms with van der Waals surface area (Å²) in [5.74, 6) is 1.82. The second-order valence-corrected chi connectivity index (χ2v) is 6.31. The van der Waals surface area contributed by atoms with Crippen LogP contribution in [0.15, 0.2) is 54.9 Å². The molecule has 1 atom stereocenters. The standard InChI is InChI=1S/C20H22N4O2/c1-25-16-7-5-15(6-8-16)17-3-2-4-18(23-17)19-13-24(11-12-26-19)14-20-21-9-10-22-20/h2-10,19H,11-14H2,1H3,(H,21,22). The number of rotatable bonds is 5. The van der Waals surface area contributed by atoms with E-state index in [2.05, 4.69) is 14.9 Å². The number of methoxy groups -OCH3 is 1. The van der Waals surface area contributed by atoms with E-state index < -0.39 is 0 Å². The smallest absolute Gasteiger partial charge is 0.120 e. The minimum Gasteiger partial charge on any atom is -0.497 e. The first-order chi connectivity index (χ1) is 12.8. The number of imidazole rings is 1. The van der Waals surface area contributed by atoms with Gasteiger partial charge in [0.1, 0.15) is 17.7 Å². The third-order valence-corrected chi connectivity index (χ3v) is 4.57. The Labute approximate surface area is 152 Å². The molecule has 0 saturated carbocycles. The lowest BCUT2D eigenvalue weighted by Gasteiger charge is -2.32. The minimum atomic E-state index is -0.0306. The van der Waals surface area contributed by atoms with Crippen molar-refractivity contribution in [1.29, 1.82) is 0 Å². The monoisotopic (exact) mass is 350 g/mol. The maximum Gasteiger partial charge on any atom is 0.120 e. The van der Waals surface area contributed by atoms with Gasteiger partial charge in [0, 0.05) is 31.0 Å². The minimum absolute atomic E-state index is 0.0306. The SMILES string of the molecule is COc1ccc(-c2cccc(C3CN(Cc4ncc[nH]4)CCO3)n2)cc1. The summed E-state index contributed by atoms with van der Waals surface area (Å²) in [5.41, 5.74) is 2.97. The predicted molar refractivity (Wildman–Crippen MR) is 98.8 cm³/mol. The van der Waals surface area contributed by atoms with Crippen LogP contribution in [0.3, 0.4) is 0 Å². The average Bonchev–Trinajstić information content (AvgIpc) is 3.21. The van der Waals surface area contributed by atoms with Crippen molar-refractivity contribution in [2.24, 2.45) is 0 Å². The molecule has 134 valence electrons. The number of H-pyrrole nitrogens is 1. The summed E-state index contributed by atoms with van der Waals surface area (Å²) >= 11 is 0. The van der Waals surface area contributed by atoms with Gasteiger partial charge in [0.15, 0.2) is 0 Å². The fraction of sp³-hybridized carbons (Fsp3) is 0.300. The fourth-order valence-corrected chi connectivity index (χ4v) is 3.17. The molecule has 1 N–H and O–H groups in total. The molecular formula is C20H22N4O2. The Balaban J connectivity index is 1.50. The summed E-state index contributed by atoms with van der Waals surface area (Å²) in [6, 6.07) is 14.0. The Hall–Kier alpha value is -2.70. The average molecular weight is 350 g/mol. The lowest BCUT2D eigenvalue weighted by atomic mass is 10.1. The number of morpholine rings is 1. The lowest BCUT2D eigenvalue weighted by molar-refractivity contribution is -0.0356. The summed E-state index contributed by atoms with van der Waals surface area (Å²) in [7, 11) is 1.67. The molecule has 3 heterocycles. The zero-order valence-electron chi connectivity index (χ0n) is 14.8. The maximum absolute atomic E-state index is 5.99. The molecule has 1 aliphatic rings. The number of nitrogens with zero attached hydrogens (tertiary/aromatic N) is 3. The van der Waals surface area contributed by atoms with Crippen molar-refractivity contribution in [3.8, 4) is 17.0 Å². The second-order valence-electron chi connectivity index (χ2n) is 6.31. The molecule has 1 unspecified atom stereocenters. The van der Waals surface area contributed by atoms with Crippen molar-refractivity contribution in [2.45, 2.75) is 12.6 Å². The van der Waals surface area contributed by atoms with Crippen molar-refractivity contribution >= 4 is 0 Å². The van der Waals surface area contributed by atoms with Crippen molar-refractivity contribution in [1.82, 2.24) is 19.9 Å². The Morgan fingerprint density at radius 1 is 1.23 bits per heavy atom. The number of ether oxygens (including phenoxy) is 2. The first kappa shape index (κ1) is 16.8. The van der Waals surface area contributed by atoms with Gasteiger partial charge < -0.3 is 14.5 Å². The van der Waals surface area contributed by atoms with E-state index in [0.717, 1.165) is 48.2 Å². The third-order valence-electron chi connectivity index (χ3n) is 4.57. The Kier molecular flexibility index (Phi) is 4.95. The Bertz CT molecular complexity index is 833. The van der Waals surface area contributed by atoms with E-state index in [9.17, 15) is 0 Å². The van der Waals surface area contributed by atoms with Crippen LogP contribution in [-0.2, 0) is 11.3 Å². The molecule has 0 amide bonds. The molecule has 1 saturated heterocycles. The molecular weight excluding hydrogens is 328 g/mol. The highest BCUT2D eigenvalue weighted by molar-refractivity contribution is 5.60. The molecule has 0 spiro atoms. The van der Waals surface area contributed by atoms with Crippen molar-refractivity contribution < 1.29 is 9.47 Å². The van der Waals surface area contributed by atoms with E-state index >= 15 is 0 Å². The lowest BCUT2D eigenvalue weighted by Crippen LogP contribution is -2.38. The highest BCUT2D eigenvalue weighted by Gasteiger charge is 2.23. The van der Waals surface area contributed by atoms with Crippen LogP contribution in [0.4, 0.5) is 0 Å². The van der Waals surface area contributed by atoms with Crippen LogP contribution in [0, 0.1) is 0 Å². The van der Waals surface area contributed by atoms with Gasteiger partial charge in [0.05, 0.1) is 31.6 Å². The largest absolute Gasteiger partial charge is 0.497 e. The van der Waals surface area contributed by atoms with E-state index in [1.165, 1.54) is 0 Å². The number of hydrogen-bond acceptors (Lipinski definition) is 5. The molecule has 0 radical (unpaired) electrons. The van der Waals surface area contributed by atoms with Gasteiger partial charge in [-0.3, -0.25) is 9.88 Å². The molecule has 2 aromatic heterocycles. The quantitative estimate of drug-likeness (QED) is 0.766. The molecule has 0 bridgehead atoms. The van der Waals surface area contributed by atoms with Crippen LogP contribution < -0.4 is 4.74 Å². The van der Waals surface area contributed by atoms with Gasteiger partial charge in [0.25, 0.3) is 0 Å². The van der Waals surface area contributed by atoms with Crippen LogP contribution in [0.5, 0.6) is 5.75 Å². The number of hydrogen-bond donors (Lipinski definition) is 1. The summed E-state index contributed by atoms with van der Waals surface area (Å²) in [6.45, 7) is 3.19. The Morgan fingerprint density at radius 3 is 2.88 bits per heavy atom. The van der Waals surface area contributed by atoms with Gasteiger partial charge in [-0.25, -0.2) is 4.98 Å². The second kappa shape index (κ2) is 7.68. The first-order valence-corrected chi connectivity index (χ1v) is 8.75. The molecule has 1 aliphatic heterocycles. The number of aromatic nitrogens is 3. The number of pyridine rings is 1. The third kappa shape index (κ3) is 3.76. The van der Waals surface area contributed by atoms with Crippen LogP contribution in [-0.4, -0.2) is 46.7 Å². The van der Waals surface area contributed by atoms with E-state index in [0.29, 0.717) is 6.61 Å². The van der Waals surface area contributed by atoms with Crippen LogP contribution in [0.1, 0.15) is 17.6 Å². The van der Waals surface area contributed by atoms with E-state index in [4.69, 9.17) is 14.5 Å². The number of nitrogens with one attached hydrogen (secondary N) is 1. The first-order valence-electron chi connectivity index (χ1n) is 8.75. The van der Waals surface area contributed by atoms with Crippen molar-refractivity contribution in [3.63, 3.8) is 0 Å². The summed E-state index contributed by atoms with van der Waals surface area (Å²) in [4.78, 5) is 14.7. The number of aromatic amines is 1. The highest BCUT2D eigenvalue weighted by Crippen LogP contribution is 2.25. The zero-order chi connectivity index (χ0) is 17.8. The number of benzene rings is 1. The normalized spacial score (nSPS) is 18.0. The summed E-state index contributed by atoms with van der Waals surface area (Å²) in [5, 5.41) is 0. The van der Waals surface area contributed by atoms with Gasteiger partial charge in [-0.1, -0.05) is 6.07 Å². The molecule has 26 heavy (non-hydrogen) atoms. The molecule has 6 heteroatoms. The van der Waals surface area contributed by atoms with Gasteiger partial charge in [-0.05, 0) is 36.4 Å².